The molecule has 0 atom stereocenters. The molecular formula is C16H20N2S. The highest BCUT2D eigenvalue weighted by Gasteiger charge is 2.13. The molecule has 0 saturated carbocycles. The molecule has 100 valence electrons. The molecule has 0 radical (unpaired) electrons. The highest BCUT2D eigenvalue weighted by Crippen LogP contribution is 2.31. The zero-order chi connectivity index (χ0) is 13.2. The topological polar surface area (TPSA) is 16.1 Å². The van der Waals surface area contributed by atoms with Crippen molar-refractivity contribution in [3.63, 3.8) is 0 Å². The van der Waals surface area contributed by atoms with Gasteiger partial charge >= 0.3 is 0 Å². The van der Waals surface area contributed by atoms with Crippen LogP contribution < -0.4 is 4.90 Å². The summed E-state index contributed by atoms with van der Waals surface area (Å²) < 4.78 is 0. The third-order valence-electron chi connectivity index (χ3n) is 3.68. The molecule has 2 aromatic rings. The first-order valence-corrected chi connectivity index (χ1v) is 7.87. The van der Waals surface area contributed by atoms with E-state index in [1.807, 2.05) is 17.5 Å². The van der Waals surface area contributed by atoms with E-state index in [1.54, 1.807) is 0 Å². The standard InChI is InChI=1S/C16H20N2S/c1-12(2)15-11-17-16(19-15)13-5-7-14(8-6-13)18-9-3-4-10-18/h5-8,11-12H,3-4,9-10H2,1-2H3. The summed E-state index contributed by atoms with van der Waals surface area (Å²) in [6.07, 6.45) is 4.66. The second-order valence-corrected chi connectivity index (χ2v) is 6.53. The average molecular weight is 272 g/mol. The van der Waals surface area contributed by atoms with Crippen molar-refractivity contribution >= 4 is 17.0 Å². The van der Waals surface area contributed by atoms with Crippen LogP contribution in [0.2, 0.25) is 0 Å². The van der Waals surface area contributed by atoms with Crippen molar-refractivity contribution in [2.24, 2.45) is 0 Å². The summed E-state index contributed by atoms with van der Waals surface area (Å²) >= 11 is 1.81. The van der Waals surface area contributed by atoms with Crippen LogP contribution in [0.15, 0.2) is 30.5 Å². The first-order valence-electron chi connectivity index (χ1n) is 7.05. The minimum atomic E-state index is 0.565. The zero-order valence-electron chi connectivity index (χ0n) is 11.6. The average Bonchev–Trinajstić information content (AvgIpc) is 3.11. The fourth-order valence-corrected chi connectivity index (χ4v) is 3.40. The van der Waals surface area contributed by atoms with Gasteiger partial charge in [-0.1, -0.05) is 13.8 Å². The molecule has 1 saturated heterocycles. The maximum atomic E-state index is 4.54. The molecule has 1 aromatic carbocycles. The predicted molar refractivity (Wildman–Crippen MR) is 83.1 cm³/mol. The molecule has 0 unspecified atom stereocenters. The molecule has 0 amide bonds. The first kappa shape index (κ1) is 12.7. The van der Waals surface area contributed by atoms with Crippen LogP contribution in [-0.2, 0) is 0 Å². The third-order valence-corrected chi connectivity index (χ3v) is 5.03. The summed E-state index contributed by atoms with van der Waals surface area (Å²) in [6.45, 7) is 6.84. The Kier molecular flexibility index (Phi) is 3.56. The summed E-state index contributed by atoms with van der Waals surface area (Å²) in [4.78, 5) is 8.36. The number of benzene rings is 1. The van der Waals surface area contributed by atoms with E-state index in [0.29, 0.717) is 5.92 Å². The van der Waals surface area contributed by atoms with Crippen LogP contribution in [0, 0.1) is 0 Å². The lowest BCUT2D eigenvalue weighted by molar-refractivity contribution is 0.885. The van der Waals surface area contributed by atoms with Gasteiger partial charge in [-0.25, -0.2) is 4.98 Å². The fourth-order valence-electron chi connectivity index (χ4n) is 2.48. The van der Waals surface area contributed by atoms with Crippen LogP contribution in [0.1, 0.15) is 37.5 Å². The van der Waals surface area contributed by atoms with Gasteiger partial charge in [-0.3, -0.25) is 0 Å². The van der Waals surface area contributed by atoms with E-state index in [-0.39, 0.29) is 0 Å². The van der Waals surface area contributed by atoms with E-state index in [4.69, 9.17) is 0 Å². The van der Waals surface area contributed by atoms with Crippen LogP contribution in [0.4, 0.5) is 5.69 Å². The number of hydrogen-bond acceptors (Lipinski definition) is 3. The summed E-state index contributed by atoms with van der Waals surface area (Å²) in [5.74, 6) is 0.565. The quantitative estimate of drug-likeness (QED) is 0.816. The van der Waals surface area contributed by atoms with Crippen LogP contribution >= 0.6 is 11.3 Å². The molecule has 1 aromatic heterocycles. The summed E-state index contributed by atoms with van der Waals surface area (Å²) in [5, 5.41) is 1.14. The van der Waals surface area contributed by atoms with Crippen molar-refractivity contribution in [1.29, 1.82) is 0 Å². The fraction of sp³-hybridized carbons (Fsp3) is 0.438. The molecule has 1 aliphatic rings. The Balaban J connectivity index is 1.81. The molecule has 3 heteroatoms. The van der Waals surface area contributed by atoms with Crippen LogP contribution in [0.5, 0.6) is 0 Å². The van der Waals surface area contributed by atoms with E-state index < -0.39 is 0 Å². The van der Waals surface area contributed by atoms with Gasteiger partial charge in [0.2, 0.25) is 0 Å². The molecule has 0 N–H and O–H groups in total. The predicted octanol–water partition coefficient (Wildman–Crippen LogP) is 4.53. The molecule has 2 heterocycles. The normalized spacial score (nSPS) is 15.4. The van der Waals surface area contributed by atoms with E-state index in [0.717, 1.165) is 5.01 Å². The van der Waals surface area contributed by atoms with Gasteiger partial charge in [0.1, 0.15) is 5.01 Å². The van der Waals surface area contributed by atoms with Gasteiger partial charge in [-0.2, -0.15) is 0 Å². The van der Waals surface area contributed by atoms with Crippen molar-refractivity contribution < 1.29 is 0 Å². The maximum absolute atomic E-state index is 4.54. The highest BCUT2D eigenvalue weighted by molar-refractivity contribution is 7.15. The van der Waals surface area contributed by atoms with Crippen molar-refractivity contribution in [3.05, 3.63) is 35.3 Å². The van der Waals surface area contributed by atoms with Crippen LogP contribution in [0.25, 0.3) is 10.6 Å². The smallest absolute Gasteiger partial charge is 0.123 e. The molecule has 3 rings (SSSR count). The molecule has 2 nitrogen and oxygen atoms in total. The Morgan fingerprint density at radius 3 is 2.37 bits per heavy atom. The molecule has 19 heavy (non-hydrogen) atoms. The summed E-state index contributed by atoms with van der Waals surface area (Å²) in [7, 11) is 0. The Morgan fingerprint density at radius 2 is 1.79 bits per heavy atom. The third kappa shape index (κ3) is 2.66. The largest absolute Gasteiger partial charge is 0.372 e. The number of hydrogen-bond donors (Lipinski definition) is 0. The lowest BCUT2D eigenvalue weighted by Crippen LogP contribution is -2.17. The van der Waals surface area contributed by atoms with Gasteiger partial charge in [0, 0.05) is 35.4 Å². The number of rotatable bonds is 3. The van der Waals surface area contributed by atoms with Gasteiger partial charge < -0.3 is 4.90 Å². The minimum absolute atomic E-state index is 0.565. The van der Waals surface area contributed by atoms with E-state index in [9.17, 15) is 0 Å². The molecule has 0 bridgehead atoms. The summed E-state index contributed by atoms with van der Waals surface area (Å²) in [5.41, 5.74) is 2.58. The number of nitrogens with zero attached hydrogens (tertiary/aromatic N) is 2. The van der Waals surface area contributed by atoms with Crippen LogP contribution in [0.3, 0.4) is 0 Å². The molecule has 0 aliphatic carbocycles. The van der Waals surface area contributed by atoms with Crippen LogP contribution in [-0.4, -0.2) is 18.1 Å². The SMILES string of the molecule is CC(C)c1cnc(-c2ccc(N3CCCC3)cc2)s1. The second-order valence-electron chi connectivity index (χ2n) is 5.46. The van der Waals surface area contributed by atoms with Crippen molar-refractivity contribution in [1.82, 2.24) is 4.98 Å². The molecule has 0 spiro atoms. The highest BCUT2D eigenvalue weighted by atomic mass is 32.1. The van der Waals surface area contributed by atoms with Gasteiger partial charge in [0.05, 0.1) is 0 Å². The number of thiazole rings is 1. The zero-order valence-corrected chi connectivity index (χ0v) is 12.4. The number of aromatic nitrogens is 1. The van der Waals surface area contributed by atoms with E-state index in [2.05, 4.69) is 48.0 Å². The lowest BCUT2D eigenvalue weighted by Gasteiger charge is -2.17. The molecule has 1 fully saturated rings. The van der Waals surface area contributed by atoms with Crippen molar-refractivity contribution in [2.75, 3.05) is 18.0 Å². The maximum Gasteiger partial charge on any atom is 0.123 e. The molecule has 1 aliphatic heterocycles. The van der Waals surface area contributed by atoms with E-state index >= 15 is 0 Å². The van der Waals surface area contributed by atoms with Gasteiger partial charge in [-0.15, -0.1) is 11.3 Å². The Labute approximate surface area is 119 Å². The van der Waals surface area contributed by atoms with Gasteiger partial charge in [-0.05, 0) is 43.0 Å². The van der Waals surface area contributed by atoms with Gasteiger partial charge in [0.25, 0.3) is 0 Å². The van der Waals surface area contributed by atoms with Crippen molar-refractivity contribution in [3.8, 4) is 10.6 Å². The van der Waals surface area contributed by atoms with Crippen molar-refractivity contribution in [2.45, 2.75) is 32.6 Å². The number of anilines is 1. The second kappa shape index (κ2) is 5.33. The first-order chi connectivity index (χ1) is 9.24. The Hall–Kier alpha value is -1.35. The minimum Gasteiger partial charge on any atom is -0.372 e. The monoisotopic (exact) mass is 272 g/mol. The Morgan fingerprint density at radius 1 is 1.11 bits per heavy atom. The summed E-state index contributed by atoms with van der Waals surface area (Å²) in [6, 6.07) is 8.88. The van der Waals surface area contributed by atoms with Gasteiger partial charge in [0.15, 0.2) is 0 Å². The van der Waals surface area contributed by atoms with E-state index in [1.165, 1.54) is 42.1 Å². The lowest BCUT2D eigenvalue weighted by atomic mass is 10.2. The Bertz CT molecular complexity index is 536. The molecular weight excluding hydrogens is 252 g/mol.